The molecule has 1 rings (SSSR count). The molecule has 0 aromatic heterocycles. The van der Waals surface area contributed by atoms with Gasteiger partial charge in [0.25, 0.3) is 0 Å². The van der Waals surface area contributed by atoms with Crippen LogP contribution in [0.5, 0.6) is 11.5 Å². The molecule has 1 aromatic carbocycles. The molecule has 4 heteroatoms. The van der Waals surface area contributed by atoms with E-state index in [2.05, 4.69) is 0 Å². The van der Waals surface area contributed by atoms with Crippen molar-refractivity contribution in [2.75, 3.05) is 14.2 Å². The van der Waals surface area contributed by atoms with Crippen molar-refractivity contribution in [1.82, 2.24) is 0 Å². The zero-order valence-corrected chi connectivity index (χ0v) is 9.60. The average molecular weight is 221 g/mol. The number of benzene rings is 1. The van der Waals surface area contributed by atoms with Crippen LogP contribution in [0.1, 0.15) is 18.6 Å². The van der Waals surface area contributed by atoms with Gasteiger partial charge in [-0.2, -0.15) is 5.26 Å². The minimum atomic E-state index is -0.880. The number of hydrogen-bond donors (Lipinski definition) is 1. The van der Waals surface area contributed by atoms with Crippen LogP contribution >= 0.6 is 0 Å². The number of nitriles is 1. The first kappa shape index (κ1) is 12.3. The van der Waals surface area contributed by atoms with Crippen molar-refractivity contribution in [3.8, 4) is 17.6 Å². The lowest BCUT2D eigenvalue weighted by Gasteiger charge is -2.18. The number of para-hydroxylation sites is 1. The second-order valence-corrected chi connectivity index (χ2v) is 3.45. The molecule has 0 amide bonds. The fourth-order valence-corrected chi connectivity index (χ4v) is 1.48. The predicted octanol–water partition coefficient (Wildman–Crippen LogP) is 1.90. The molecule has 0 saturated carbocycles. The highest BCUT2D eigenvalue weighted by Gasteiger charge is 2.21. The monoisotopic (exact) mass is 221 g/mol. The van der Waals surface area contributed by atoms with E-state index in [9.17, 15) is 5.11 Å². The van der Waals surface area contributed by atoms with Crippen molar-refractivity contribution in [3.63, 3.8) is 0 Å². The van der Waals surface area contributed by atoms with E-state index in [0.29, 0.717) is 17.1 Å². The minimum Gasteiger partial charge on any atom is -0.493 e. The first-order valence-electron chi connectivity index (χ1n) is 4.94. The molecule has 2 unspecified atom stereocenters. The lowest BCUT2D eigenvalue weighted by molar-refractivity contribution is 0.138. The van der Waals surface area contributed by atoms with Crippen LogP contribution in [0.4, 0.5) is 0 Å². The first-order chi connectivity index (χ1) is 7.65. The summed E-state index contributed by atoms with van der Waals surface area (Å²) in [5.41, 5.74) is 0.566. The highest BCUT2D eigenvalue weighted by Crippen LogP contribution is 2.36. The largest absolute Gasteiger partial charge is 0.493 e. The van der Waals surface area contributed by atoms with Gasteiger partial charge in [-0.25, -0.2) is 0 Å². The van der Waals surface area contributed by atoms with Gasteiger partial charge < -0.3 is 14.6 Å². The van der Waals surface area contributed by atoms with Gasteiger partial charge in [0, 0.05) is 5.56 Å². The number of nitrogens with zero attached hydrogens (tertiary/aromatic N) is 1. The Hall–Kier alpha value is -1.73. The Morgan fingerprint density at radius 3 is 2.50 bits per heavy atom. The second kappa shape index (κ2) is 5.38. The SMILES string of the molecule is COc1cccc(C(O)C(C)C#N)c1OC. The highest BCUT2D eigenvalue weighted by atomic mass is 16.5. The van der Waals surface area contributed by atoms with Crippen molar-refractivity contribution in [2.24, 2.45) is 5.92 Å². The van der Waals surface area contributed by atoms with Gasteiger partial charge in [0.05, 0.1) is 32.3 Å². The maximum atomic E-state index is 9.96. The first-order valence-corrected chi connectivity index (χ1v) is 4.94. The molecule has 0 bridgehead atoms. The zero-order chi connectivity index (χ0) is 12.1. The van der Waals surface area contributed by atoms with Crippen LogP contribution in [-0.2, 0) is 0 Å². The van der Waals surface area contributed by atoms with Crippen LogP contribution < -0.4 is 9.47 Å². The third-order valence-corrected chi connectivity index (χ3v) is 2.43. The quantitative estimate of drug-likeness (QED) is 0.843. The third-order valence-electron chi connectivity index (χ3n) is 2.43. The molecular formula is C12H15NO3. The molecule has 4 nitrogen and oxygen atoms in total. The summed E-state index contributed by atoms with van der Waals surface area (Å²) in [5.74, 6) is 0.518. The number of hydrogen-bond acceptors (Lipinski definition) is 4. The molecule has 2 atom stereocenters. The number of methoxy groups -OCH3 is 2. The van der Waals surface area contributed by atoms with Crippen LogP contribution in [0.15, 0.2) is 18.2 Å². The lowest BCUT2D eigenvalue weighted by Crippen LogP contribution is -2.09. The van der Waals surface area contributed by atoms with Gasteiger partial charge in [-0.3, -0.25) is 0 Å². The van der Waals surface area contributed by atoms with E-state index in [1.165, 1.54) is 14.2 Å². The summed E-state index contributed by atoms with van der Waals surface area (Å²) in [7, 11) is 3.03. The van der Waals surface area contributed by atoms with Gasteiger partial charge in [0.15, 0.2) is 11.5 Å². The minimum absolute atomic E-state index is 0.472. The van der Waals surface area contributed by atoms with E-state index in [-0.39, 0.29) is 0 Å². The van der Waals surface area contributed by atoms with E-state index in [0.717, 1.165) is 0 Å². The smallest absolute Gasteiger partial charge is 0.166 e. The number of aliphatic hydroxyl groups excluding tert-OH is 1. The van der Waals surface area contributed by atoms with E-state index >= 15 is 0 Å². The molecule has 0 aliphatic carbocycles. The van der Waals surface area contributed by atoms with Gasteiger partial charge in [-0.1, -0.05) is 12.1 Å². The van der Waals surface area contributed by atoms with Crippen molar-refractivity contribution < 1.29 is 14.6 Å². The van der Waals surface area contributed by atoms with E-state index in [1.54, 1.807) is 25.1 Å². The summed E-state index contributed by atoms with van der Waals surface area (Å²) in [6.45, 7) is 1.66. The molecule has 0 saturated heterocycles. The number of ether oxygens (including phenoxy) is 2. The number of rotatable bonds is 4. The summed E-state index contributed by atoms with van der Waals surface area (Å²) < 4.78 is 10.3. The van der Waals surface area contributed by atoms with Crippen LogP contribution in [-0.4, -0.2) is 19.3 Å². The van der Waals surface area contributed by atoms with Gasteiger partial charge in [-0.15, -0.1) is 0 Å². The molecule has 0 aliphatic rings. The molecule has 1 N–H and O–H groups in total. The molecule has 1 aromatic rings. The Morgan fingerprint density at radius 2 is 2.00 bits per heavy atom. The molecule has 0 radical (unpaired) electrons. The third kappa shape index (κ3) is 2.26. The lowest BCUT2D eigenvalue weighted by atomic mass is 9.97. The van der Waals surface area contributed by atoms with Gasteiger partial charge in [0.2, 0.25) is 0 Å². The summed E-state index contributed by atoms with van der Waals surface area (Å²) >= 11 is 0. The Bertz CT molecular complexity index is 398. The Balaban J connectivity index is 3.18. The molecule has 86 valence electrons. The van der Waals surface area contributed by atoms with Crippen molar-refractivity contribution in [3.05, 3.63) is 23.8 Å². The molecular weight excluding hydrogens is 206 g/mol. The van der Waals surface area contributed by atoms with Gasteiger partial charge >= 0.3 is 0 Å². The topological polar surface area (TPSA) is 62.5 Å². The van der Waals surface area contributed by atoms with E-state index in [4.69, 9.17) is 14.7 Å². The van der Waals surface area contributed by atoms with Gasteiger partial charge in [0.1, 0.15) is 0 Å². The summed E-state index contributed by atoms with van der Waals surface area (Å²) in [4.78, 5) is 0. The summed E-state index contributed by atoms with van der Waals surface area (Å²) in [5, 5.41) is 18.7. The molecule has 0 aliphatic heterocycles. The van der Waals surface area contributed by atoms with E-state index < -0.39 is 12.0 Å². The molecule has 0 fully saturated rings. The normalized spacial score (nSPS) is 13.7. The maximum absolute atomic E-state index is 9.96. The van der Waals surface area contributed by atoms with Crippen LogP contribution in [0, 0.1) is 17.2 Å². The van der Waals surface area contributed by atoms with Gasteiger partial charge in [-0.05, 0) is 13.0 Å². The molecule has 0 spiro atoms. The van der Waals surface area contributed by atoms with Crippen molar-refractivity contribution in [2.45, 2.75) is 13.0 Å². The fourth-order valence-electron chi connectivity index (χ4n) is 1.48. The van der Waals surface area contributed by atoms with Crippen LogP contribution in [0.2, 0.25) is 0 Å². The summed E-state index contributed by atoms with van der Waals surface area (Å²) in [6.07, 6.45) is -0.880. The maximum Gasteiger partial charge on any atom is 0.166 e. The second-order valence-electron chi connectivity index (χ2n) is 3.45. The Labute approximate surface area is 95.0 Å². The predicted molar refractivity (Wildman–Crippen MR) is 59.3 cm³/mol. The average Bonchev–Trinajstić information content (AvgIpc) is 2.35. The molecule has 0 heterocycles. The Kier molecular flexibility index (Phi) is 4.15. The van der Waals surface area contributed by atoms with Crippen LogP contribution in [0.25, 0.3) is 0 Å². The van der Waals surface area contributed by atoms with E-state index in [1.807, 2.05) is 6.07 Å². The molecule has 16 heavy (non-hydrogen) atoms. The standard InChI is InChI=1S/C12H15NO3/c1-8(7-13)11(14)9-5-4-6-10(15-2)12(9)16-3/h4-6,8,11,14H,1-3H3. The van der Waals surface area contributed by atoms with Crippen molar-refractivity contribution >= 4 is 0 Å². The highest BCUT2D eigenvalue weighted by molar-refractivity contribution is 5.48. The summed E-state index contributed by atoms with van der Waals surface area (Å²) in [6, 6.07) is 7.22. The zero-order valence-electron chi connectivity index (χ0n) is 9.60. The number of aliphatic hydroxyl groups is 1. The van der Waals surface area contributed by atoms with Crippen molar-refractivity contribution in [1.29, 1.82) is 5.26 Å². The Morgan fingerprint density at radius 1 is 1.31 bits per heavy atom. The van der Waals surface area contributed by atoms with Crippen LogP contribution in [0.3, 0.4) is 0 Å². The fraction of sp³-hybridized carbons (Fsp3) is 0.417.